The fourth-order valence-corrected chi connectivity index (χ4v) is 2.68. The van der Waals surface area contributed by atoms with Crippen LogP contribution in [0, 0.1) is 6.92 Å². The van der Waals surface area contributed by atoms with Gasteiger partial charge in [0.05, 0.1) is 23.9 Å². The van der Waals surface area contributed by atoms with Gasteiger partial charge in [-0.05, 0) is 30.7 Å². The lowest BCUT2D eigenvalue weighted by atomic mass is 10.1. The molecule has 0 aliphatic heterocycles. The average molecular weight is 369 g/mol. The number of nitrogens with zero attached hydrogens (tertiary/aromatic N) is 2. The Balaban J connectivity index is 1.73. The van der Waals surface area contributed by atoms with Crippen molar-refractivity contribution in [3.05, 3.63) is 86.8 Å². The van der Waals surface area contributed by atoms with Gasteiger partial charge >= 0.3 is 0 Å². The number of aromatic nitrogens is 2. The smallest absolute Gasteiger partial charge is 0.280 e. The van der Waals surface area contributed by atoms with E-state index in [-0.39, 0.29) is 17.9 Å². The number of rotatable bonds is 5. The first-order chi connectivity index (χ1) is 12.5. The minimum atomic E-state index is -0.272. The number of H-pyrrole nitrogens is 1. The molecule has 2 N–H and O–H groups in total. The van der Waals surface area contributed by atoms with Gasteiger partial charge in [0.25, 0.3) is 5.56 Å². The van der Waals surface area contributed by atoms with Crippen LogP contribution < -0.4 is 11.0 Å². The molecule has 0 aliphatic rings. The summed E-state index contributed by atoms with van der Waals surface area (Å²) < 4.78 is 1.38. The van der Waals surface area contributed by atoms with Gasteiger partial charge in [0.2, 0.25) is 5.91 Å². The summed E-state index contributed by atoms with van der Waals surface area (Å²) in [5.74, 6) is -0.254. The molecule has 0 aliphatic carbocycles. The molecule has 3 aromatic rings. The molecule has 0 atom stereocenters. The number of halogens is 1. The summed E-state index contributed by atoms with van der Waals surface area (Å²) in [6.45, 7) is 1.76. The number of hydrogen-bond donors (Lipinski definition) is 2. The van der Waals surface area contributed by atoms with Crippen LogP contribution in [-0.4, -0.2) is 21.9 Å². The lowest BCUT2D eigenvalue weighted by Gasteiger charge is -2.01. The third kappa shape index (κ3) is 4.10. The first-order valence-electron chi connectivity index (χ1n) is 7.98. The van der Waals surface area contributed by atoms with Crippen LogP contribution in [0.25, 0.3) is 5.69 Å². The van der Waals surface area contributed by atoms with Crippen LogP contribution in [0.5, 0.6) is 0 Å². The Kier molecular flexibility index (Phi) is 5.34. The number of hydrazone groups is 1. The molecule has 1 aromatic heterocycles. The van der Waals surface area contributed by atoms with Gasteiger partial charge in [0, 0.05) is 10.7 Å². The maximum atomic E-state index is 12.6. The fourth-order valence-electron chi connectivity index (χ4n) is 2.50. The van der Waals surface area contributed by atoms with Crippen LogP contribution in [0.2, 0.25) is 5.02 Å². The van der Waals surface area contributed by atoms with E-state index < -0.39 is 0 Å². The normalized spacial score (nSPS) is 11.0. The molecule has 0 unspecified atom stereocenters. The Morgan fingerprint density at radius 2 is 2.00 bits per heavy atom. The van der Waals surface area contributed by atoms with E-state index in [0.717, 1.165) is 5.56 Å². The average Bonchev–Trinajstić information content (AvgIpc) is 2.91. The molecule has 1 heterocycles. The number of aromatic amines is 1. The molecule has 6 nitrogen and oxygen atoms in total. The van der Waals surface area contributed by atoms with E-state index in [0.29, 0.717) is 22.0 Å². The molecule has 2 aromatic carbocycles. The molecule has 0 saturated heterocycles. The van der Waals surface area contributed by atoms with Gasteiger partial charge in [-0.3, -0.25) is 14.7 Å². The molecular formula is C19H17ClN4O2. The second kappa shape index (κ2) is 7.84. The summed E-state index contributed by atoms with van der Waals surface area (Å²) in [5.41, 5.74) is 4.68. The van der Waals surface area contributed by atoms with E-state index in [1.54, 1.807) is 31.2 Å². The highest BCUT2D eigenvalue weighted by Gasteiger charge is 2.11. The van der Waals surface area contributed by atoms with Crippen molar-refractivity contribution in [3.63, 3.8) is 0 Å². The van der Waals surface area contributed by atoms with Crippen molar-refractivity contribution >= 4 is 23.7 Å². The molecule has 0 fully saturated rings. The first kappa shape index (κ1) is 17.7. The van der Waals surface area contributed by atoms with Gasteiger partial charge in [-0.15, -0.1) is 0 Å². The molecule has 0 bridgehead atoms. The molecule has 1 amide bonds. The van der Waals surface area contributed by atoms with E-state index in [9.17, 15) is 9.59 Å². The van der Waals surface area contributed by atoms with E-state index in [1.807, 2.05) is 30.3 Å². The van der Waals surface area contributed by atoms with Gasteiger partial charge in [-0.1, -0.05) is 48.0 Å². The van der Waals surface area contributed by atoms with E-state index in [4.69, 9.17) is 11.6 Å². The Morgan fingerprint density at radius 1 is 1.23 bits per heavy atom. The first-order valence-corrected chi connectivity index (χ1v) is 8.36. The van der Waals surface area contributed by atoms with Crippen molar-refractivity contribution in [2.24, 2.45) is 5.10 Å². The second-order valence-electron chi connectivity index (χ2n) is 5.73. The molecular weight excluding hydrogens is 352 g/mol. The summed E-state index contributed by atoms with van der Waals surface area (Å²) in [7, 11) is 0. The summed E-state index contributed by atoms with van der Waals surface area (Å²) in [5, 5.41) is 7.41. The van der Waals surface area contributed by atoms with E-state index >= 15 is 0 Å². The Labute approximate surface area is 155 Å². The lowest BCUT2D eigenvalue weighted by Crippen LogP contribution is -2.21. The van der Waals surface area contributed by atoms with Crippen LogP contribution in [0.4, 0.5) is 0 Å². The molecule has 3 rings (SSSR count). The number of carbonyl (C=O) groups excluding carboxylic acids is 1. The third-order valence-corrected chi connectivity index (χ3v) is 4.01. The Hall–Kier alpha value is -3.12. The van der Waals surface area contributed by atoms with Crippen LogP contribution >= 0.6 is 11.6 Å². The van der Waals surface area contributed by atoms with Crippen LogP contribution in [0.3, 0.4) is 0 Å². The maximum absolute atomic E-state index is 12.6. The molecule has 0 spiro atoms. The van der Waals surface area contributed by atoms with Crippen molar-refractivity contribution < 1.29 is 4.79 Å². The lowest BCUT2D eigenvalue weighted by molar-refractivity contribution is -0.120. The molecule has 0 radical (unpaired) electrons. The van der Waals surface area contributed by atoms with E-state index in [2.05, 4.69) is 15.6 Å². The monoisotopic (exact) mass is 368 g/mol. The van der Waals surface area contributed by atoms with Crippen LogP contribution in [0.1, 0.15) is 16.8 Å². The molecule has 0 saturated carbocycles. The summed E-state index contributed by atoms with van der Waals surface area (Å²) >= 11 is 5.98. The zero-order valence-corrected chi connectivity index (χ0v) is 14.8. The van der Waals surface area contributed by atoms with Crippen LogP contribution in [-0.2, 0) is 11.2 Å². The zero-order chi connectivity index (χ0) is 18.5. The zero-order valence-electron chi connectivity index (χ0n) is 14.1. The second-order valence-corrected chi connectivity index (χ2v) is 6.16. The van der Waals surface area contributed by atoms with Gasteiger partial charge in [0.1, 0.15) is 0 Å². The predicted molar refractivity (Wildman–Crippen MR) is 102 cm³/mol. The summed E-state index contributed by atoms with van der Waals surface area (Å²) in [6, 6.07) is 16.3. The highest BCUT2D eigenvalue weighted by Crippen LogP contribution is 2.13. The van der Waals surface area contributed by atoms with Crippen molar-refractivity contribution in [1.29, 1.82) is 0 Å². The number of carbonyl (C=O) groups is 1. The van der Waals surface area contributed by atoms with Crippen molar-refractivity contribution in [2.45, 2.75) is 13.3 Å². The third-order valence-electron chi connectivity index (χ3n) is 3.77. The number of benzene rings is 2. The van der Waals surface area contributed by atoms with Crippen molar-refractivity contribution in [3.8, 4) is 5.69 Å². The summed E-state index contributed by atoms with van der Waals surface area (Å²) in [6.07, 6.45) is 1.56. The predicted octanol–water partition coefficient (Wildman–Crippen LogP) is 2.82. The molecule has 26 heavy (non-hydrogen) atoms. The maximum Gasteiger partial charge on any atom is 0.280 e. The van der Waals surface area contributed by atoms with Gasteiger partial charge < -0.3 is 0 Å². The fraction of sp³-hybridized carbons (Fsp3) is 0.105. The standard InChI is InChI=1S/C19H17ClN4O2/c1-13-17(12-21-22-18(25)10-14-6-3-2-4-7-14)19(26)24(23-13)16-9-5-8-15(20)11-16/h2-9,11-12,23H,10H2,1H3,(H,22,25)/b21-12+. The van der Waals surface area contributed by atoms with Crippen LogP contribution in [0.15, 0.2) is 64.5 Å². The van der Waals surface area contributed by atoms with Gasteiger partial charge in [-0.2, -0.15) is 5.10 Å². The number of hydrogen-bond acceptors (Lipinski definition) is 3. The highest BCUT2D eigenvalue weighted by atomic mass is 35.5. The largest absolute Gasteiger partial charge is 0.295 e. The van der Waals surface area contributed by atoms with Crippen molar-refractivity contribution in [2.75, 3.05) is 0 Å². The van der Waals surface area contributed by atoms with Gasteiger partial charge in [0.15, 0.2) is 0 Å². The molecule has 7 heteroatoms. The number of nitrogens with one attached hydrogen (secondary N) is 2. The topological polar surface area (TPSA) is 79.2 Å². The summed E-state index contributed by atoms with van der Waals surface area (Å²) in [4.78, 5) is 24.5. The quantitative estimate of drug-likeness (QED) is 0.536. The Morgan fingerprint density at radius 3 is 2.73 bits per heavy atom. The number of aryl methyl sites for hydroxylation is 1. The van der Waals surface area contributed by atoms with E-state index in [1.165, 1.54) is 10.9 Å². The SMILES string of the molecule is Cc1[nH]n(-c2cccc(Cl)c2)c(=O)c1/C=N/NC(=O)Cc1ccccc1. The number of amides is 1. The highest BCUT2D eigenvalue weighted by molar-refractivity contribution is 6.30. The minimum absolute atomic E-state index is 0.219. The minimum Gasteiger partial charge on any atom is -0.295 e. The van der Waals surface area contributed by atoms with Crippen molar-refractivity contribution in [1.82, 2.24) is 15.2 Å². The Bertz CT molecular complexity index is 1010. The molecule has 132 valence electrons. The van der Waals surface area contributed by atoms with Gasteiger partial charge in [-0.25, -0.2) is 10.1 Å².